The first-order chi connectivity index (χ1) is 18.5. The van der Waals surface area contributed by atoms with Gasteiger partial charge in [-0.3, -0.25) is 9.78 Å². The predicted molar refractivity (Wildman–Crippen MR) is 136 cm³/mol. The van der Waals surface area contributed by atoms with E-state index in [0.717, 1.165) is 10.5 Å². The number of halogens is 3. The number of Topliss-reactive ketones (excluding diaryl/α,β-unsaturated/α-hetero) is 1. The van der Waals surface area contributed by atoms with Crippen molar-refractivity contribution < 1.29 is 37.8 Å². The molecule has 2 aromatic carbocycles. The quantitative estimate of drug-likeness (QED) is 0.394. The van der Waals surface area contributed by atoms with Gasteiger partial charge in [0.05, 0.1) is 11.1 Å². The average Bonchev–Trinajstić information content (AvgIpc) is 2.91. The molecule has 0 spiro atoms. The molecule has 0 unspecified atom stereocenters. The zero-order chi connectivity index (χ0) is 28.2. The highest BCUT2D eigenvalue weighted by Gasteiger charge is 2.38. The van der Waals surface area contributed by atoms with E-state index in [1.807, 2.05) is 0 Å². The molecule has 1 aliphatic rings. The zero-order valence-electron chi connectivity index (χ0n) is 20.8. The fourth-order valence-electron chi connectivity index (χ4n) is 4.67. The number of aryl methyl sites for hydroxylation is 2. The summed E-state index contributed by atoms with van der Waals surface area (Å²) >= 11 is 0. The van der Waals surface area contributed by atoms with Gasteiger partial charge in [-0.2, -0.15) is 13.2 Å². The van der Waals surface area contributed by atoms with Crippen molar-refractivity contribution in [1.82, 2.24) is 9.88 Å². The van der Waals surface area contributed by atoms with Crippen LogP contribution >= 0.6 is 0 Å². The lowest BCUT2D eigenvalue weighted by Crippen LogP contribution is -2.48. The second kappa shape index (κ2) is 11.5. The standard InChI is InChI=1S/C28H26F3N3O5/c29-28(30,31)25-21(5-2-6-23(25)33-9-11-34(12-10-33)27(38)39)15-24(35)20-4-1-3-18(13-20)7-8-19-14-22(26(36)37)17-32-16-19/h1-6,13-14,16-17H,7-12,15H2,(H,36,37)(H,38,39). The predicted octanol–water partition coefficient (Wildman–Crippen LogP) is 4.81. The Morgan fingerprint density at radius 1 is 0.846 bits per heavy atom. The molecule has 11 heteroatoms. The number of carbonyl (C=O) groups is 3. The maximum absolute atomic E-state index is 14.2. The van der Waals surface area contributed by atoms with Gasteiger partial charge in [-0.1, -0.05) is 30.3 Å². The van der Waals surface area contributed by atoms with Gasteiger partial charge >= 0.3 is 18.2 Å². The highest BCUT2D eigenvalue weighted by Crippen LogP contribution is 2.40. The Kier molecular flexibility index (Phi) is 8.18. The summed E-state index contributed by atoms with van der Waals surface area (Å²) in [4.78, 5) is 42.0. The number of carboxylic acid groups (broad SMARTS) is 2. The van der Waals surface area contributed by atoms with Crippen LogP contribution in [-0.4, -0.2) is 64.1 Å². The molecular weight excluding hydrogens is 515 g/mol. The number of anilines is 1. The molecule has 1 fully saturated rings. The number of aromatic nitrogens is 1. The lowest BCUT2D eigenvalue weighted by atomic mass is 9.95. The first-order valence-electron chi connectivity index (χ1n) is 12.2. The molecule has 1 aliphatic heterocycles. The fourth-order valence-corrected chi connectivity index (χ4v) is 4.67. The molecule has 1 amide bonds. The third kappa shape index (κ3) is 6.73. The number of piperazine rings is 1. The number of nitrogens with zero attached hydrogens (tertiary/aromatic N) is 3. The maximum atomic E-state index is 14.2. The Hall–Kier alpha value is -4.41. The van der Waals surface area contributed by atoms with Gasteiger partial charge in [0.15, 0.2) is 5.78 Å². The Bertz CT molecular complexity index is 1380. The Balaban J connectivity index is 1.51. The van der Waals surface area contributed by atoms with Crippen molar-refractivity contribution in [1.29, 1.82) is 0 Å². The molecule has 8 nitrogen and oxygen atoms in total. The molecule has 0 bridgehead atoms. The smallest absolute Gasteiger partial charge is 0.418 e. The van der Waals surface area contributed by atoms with Crippen LogP contribution in [0.15, 0.2) is 60.9 Å². The van der Waals surface area contributed by atoms with Crippen molar-refractivity contribution >= 4 is 23.5 Å². The Labute approximate surface area is 222 Å². The largest absolute Gasteiger partial charge is 0.478 e. The van der Waals surface area contributed by atoms with Gasteiger partial charge in [0.1, 0.15) is 0 Å². The minimum atomic E-state index is -4.71. The van der Waals surface area contributed by atoms with Crippen molar-refractivity contribution in [3.05, 3.63) is 94.3 Å². The highest BCUT2D eigenvalue weighted by molar-refractivity contribution is 5.98. The van der Waals surface area contributed by atoms with Gasteiger partial charge in [-0.25, -0.2) is 9.59 Å². The molecule has 0 saturated carbocycles. The van der Waals surface area contributed by atoms with E-state index in [-0.39, 0.29) is 48.6 Å². The van der Waals surface area contributed by atoms with E-state index >= 15 is 0 Å². The number of amides is 1. The summed E-state index contributed by atoms with van der Waals surface area (Å²) in [6, 6.07) is 12.3. The molecule has 2 heterocycles. The van der Waals surface area contributed by atoms with Gasteiger partial charge in [0.2, 0.25) is 0 Å². The summed E-state index contributed by atoms with van der Waals surface area (Å²) in [7, 11) is 0. The third-order valence-electron chi connectivity index (χ3n) is 6.65. The maximum Gasteiger partial charge on any atom is 0.418 e. The van der Waals surface area contributed by atoms with Gasteiger partial charge in [-0.15, -0.1) is 0 Å². The van der Waals surface area contributed by atoms with Crippen molar-refractivity contribution in [2.75, 3.05) is 31.1 Å². The van der Waals surface area contributed by atoms with Crippen molar-refractivity contribution in [2.45, 2.75) is 25.4 Å². The first kappa shape index (κ1) is 27.6. The molecule has 0 atom stereocenters. The number of carbonyl (C=O) groups excluding carboxylic acids is 1. The van der Waals surface area contributed by atoms with E-state index in [1.54, 1.807) is 30.5 Å². The monoisotopic (exact) mass is 541 g/mol. The van der Waals surface area contributed by atoms with Gasteiger partial charge in [-0.05, 0) is 47.7 Å². The Morgan fingerprint density at radius 3 is 2.18 bits per heavy atom. The van der Waals surface area contributed by atoms with Crippen LogP contribution in [0.1, 0.15) is 43.0 Å². The van der Waals surface area contributed by atoms with Crippen molar-refractivity contribution in [3.8, 4) is 0 Å². The summed E-state index contributed by atoms with van der Waals surface area (Å²) < 4.78 is 42.7. The Morgan fingerprint density at radius 2 is 1.51 bits per heavy atom. The summed E-state index contributed by atoms with van der Waals surface area (Å²) in [6.07, 6.45) is -2.50. The van der Waals surface area contributed by atoms with Crippen molar-refractivity contribution in [2.24, 2.45) is 0 Å². The number of benzene rings is 2. The summed E-state index contributed by atoms with van der Waals surface area (Å²) in [5, 5.41) is 18.3. The minimum Gasteiger partial charge on any atom is -0.478 e. The van der Waals surface area contributed by atoms with E-state index < -0.39 is 36.0 Å². The summed E-state index contributed by atoms with van der Waals surface area (Å²) in [5.74, 6) is -1.55. The third-order valence-corrected chi connectivity index (χ3v) is 6.65. The van der Waals surface area contributed by atoms with Crippen LogP contribution in [0.2, 0.25) is 0 Å². The van der Waals surface area contributed by atoms with Crippen molar-refractivity contribution in [3.63, 3.8) is 0 Å². The second-order valence-corrected chi connectivity index (χ2v) is 9.25. The number of ketones is 1. The molecule has 1 saturated heterocycles. The molecule has 1 aromatic heterocycles. The van der Waals surface area contributed by atoms with Crippen LogP contribution < -0.4 is 4.90 Å². The topological polar surface area (TPSA) is 111 Å². The van der Waals surface area contributed by atoms with E-state index in [0.29, 0.717) is 18.4 Å². The van der Waals surface area contributed by atoms with Crippen LogP contribution in [0.5, 0.6) is 0 Å². The number of hydrogen-bond acceptors (Lipinski definition) is 5. The number of pyridine rings is 1. The van der Waals surface area contributed by atoms with Crippen LogP contribution in [0, 0.1) is 0 Å². The van der Waals surface area contributed by atoms with E-state index in [9.17, 15) is 27.6 Å². The SMILES string of the molecule is O=C(O)c1cncc(CCc2cccc(C(=O)Cc3cccc(N4CCN(C(=O)O)CC4)c3C(F)(F)F)c2)c1. The summed E-state index contributed by atoms with van der Waals surface area (Å²) in [6.45, 7) is 0.387. The number of rotatable bonds is 8. The highest BCUT2D eigenvalue weighted by atomic mass is 19.4. The lowest BCUT2D eigenvalue weighted by Gasteiger charge is -2.36. The molecule has 0 radical (unpaired) electrons. The van der Waals surface area contributed by atoms with Crippen LogP contribution in [0.4, 0.5) is 23.7 Å². The molecule has 2 N–H and O–H groups in total. The van der Waals surface area contributed by atoms with Gasteiger partial charge in [0.25, 0.3) is 0 Å². The van der Waals surface area contributed by atoms with E-state index in [2.05, 4.69) is 4.98 Å². The summed E-state index contributed by atoms with van der Waals surface area (Å²) in [5.41, 5.74) is 0.743. The lowest BCUT2D eigenvalue weighted by molar-refractivity contribution is -0.137. The average molecular weight is 542 g/mol. The number of alkyl halides is 3. The normalized spacial score (nSPS) is 13.8. The number of carboxylic acids is 1. The van der Waals surface area contributed by atoms with E-state index in [1.165, 1.54) is 35.4 Å². The zero-order valence-corrected chi connectivity index (χ0v) is 20.8. The molecule has 4 rings (SSSR count). The second-order valence-electron chi connectivity index (χ2n) is 9.25. The number of aromatic carboxylic acids is 1. The van der Waals surface area contributed by atoms with Crippen LogP contribution in [0.3, 0.4) is 0 Å². The molecule has 0 aliphatic carbocycles. The molecule has 3 aromatic rings. The fraction of sp³-hybridized carbons (Fsp3) is 0.286. The molecular formula is C28H26F3N3O5. The molecule has 204 valence electrons. The van der Waals surface area contributed by atoms with E-state index in [4.69, 9.17) is 10.2 Å². The van der Waals surface area contributed by atoms with Crippen LogP contribution in [-0.2, 0) is 25.4 Å². The van der Waals surface area contributed by atoms with Gasteiger partial charge in [0, 0.05) is 56.2 Å². The van der Waals surface area contributed by atoms with Crippen LogP contribution in [0.25, 0.3) is 0 Å². The minimum absolute atomic E-state index is 0.0659. The molecule has 39 heavy (non-hydrogen) atoms. The first-order valence-corrected chi connectivity index (χ1v) is 12.2. The van der Waals surface area contributed by atoms with Gasteiger partial charge < -0.3 is 20.0 Å². The number of hydrogen-bond donors (Lipinski definition) is 2.